The van der Waals surface area contributed by atoms with Crippen molar-refractivity contribution in [3.8, 4) is 0 Å². The first kappa shape index (κ1) is 19.5. The van der Waals surface area contributed by atoms with Crippen LogP contribution in [0.15, 0.2) is 18.2 Å². The molecule has 5 rings (SSSR count). The fourth-order valence-electron chi connectivity index (χ4n) is 5.56. The number of nitrogens with zero attached hydrogens (tertiary/aromatic N) is 2. The number of fused-ring (bicyclic) bond motifs is 2. The molecule has 160 valence electrons. The molecule has 6 nitrogen and oxygen atoms in total. The monoisotopic (exact) mass is 412 g/mol. The van der Waals surface area contributed by atoms with Crippen LogP contribution < -0.4 is 5.32 Å². The lowest BCUT2D eigenvalue weighted by molar-refractivity contribution is -0.131. The molecule has 2 N–H and O–H groups in total. The third kappa shape index (κ3) is 3.49. The minimum atomic E-state index is -0.312. The average molecular weight is 413 g/mol. The Morgan fingerprint density at radius 2 is 2.07 bits per heavy atom. The number of carbonyl (C=O) groups excluding carboxylic acids is 2. The summed E-state index contributed by atoms with van der Waals surface area (Å²) < 4.78 is 14.1. The second-order valence-corrected chi connectivity index (χ2v) is 9.10. The highest BCUT2D eigenvalue weighted by Gasteiger charge is 2.38. The van der Waals surface area contributed by atoms with Crippen LogP contribution in [0.5, 0.6) is 0 Å². The fourth-order valence-corrected chi connectivity index (χ4v) is 5.56. The minimum absolute atomic E-state index is 0.122. The lowest BCUT2D eigenvalue weighted by atomic mass is 9.89. The zero-order valence-corrected chi connectivity index (χ0v) is 17.4. The van der Waals surface area contributed by atoms with Gasteiger partial charge in [-0.15, -0.1) is 0 Å². The van der Waals surface area contributed by atoms with E-state index in [2.05, 4.69) is 20.1 Å². The Balaban J connectivity index is 1.23. The molecule has 2 saturated heterocycles. The van der Waals surface area contributed by atoms with Gasteiger partial charge in [-0.25, -0.2) is 4.39 Å². The Hall–Kier alpha value is -2.41. The molecule has 3 atom stereocenters. The molecule has 0 bridgehead atoms. The molecule has 3 fully saturated rings. The van der Waals surface area contributed by atoms with Crippen molar-refractivity contribution in [2.45, 2.75) is 63.6 Å². The largest absolute Gasteiger partial charge is 0.350 e. The Morgan fingerprint density at radius 1 is 1.20 bits per heavy atom. The Morgan fingerprint density at radius 3 is 2.90 bits per heavy atom. The number of halogens is 1. The van der Waals surface area contributed by atoms with Crippen LogP contribution >= 0.6 is 0 Å². The molecule has 1 aromatic heterocycles. The van der Waals surface area contributed by atoms with E-state index in [-0.39, 0.29) is 17.8 Å². The summed E-state index contributed by atoms with van der Waals surface area (Å²) in [7, 11) is 0. The topological polar surface area (TPSA) is 68.4 Å². The van der Waals surface area contributed by atoms with Crippen molar-refractivity contribution in [1.29, 1.82) is 0 Å². The van der Waals surface area contributed by atoms with Crippen molar-refractivity contribution >= 4 is 22.7 Å². The Bertz CT molecular complexity index is 948. The van der Waals surface area contributed by atoms with E-state index >= 15 is 0 Å². The van der Waals surface area contributed by atoms with Gasteiger partial charge in [-0.3, -0.25) is 14.5 Å². The smallest absolute Gasteiger partial charge is 0.267 e. The van der Waals surface area contributed by atoms with Crippen LogP contribution in [0.2, 0.25) is 0 Å². The summed E-state index contributed by atoms with van der Waals surface area (Å²) in [6, 6.07) is 5.71. The van der Waals surface area contributed by atoms with Gasteiger partial charge in [0.05, 0.1) is 5.52 Å². The molecule has 1 aromatic carbocycles. The lowest BCUT2D eigenvalue weighted by Gasteiger charge is -2.44. The van der Waals surface area contributed by atoms with Crippen molar-refractivity contribution in [2.75, 3.05) is 19.6 Å². The molecule has 2 aromatic rings. The number of aromatic amines is 1. The van der Waals surface area contributed by atoms with Crippen molar-refractivity contribution in [3.05, 3.63) is 35.3 Å². The number of hydrogen-bond donors (Lipinski definition) is 2. The van der Waals surface area contributed by atoms with Crippen LogP contribution in [-0.2, 0) is 4.79 Å². The van der Waals surface area contributed by atoms with Crippen LogP contribution in [0.3, 0.4) is 0 Å². The van der Waals surface area contributed by atoms with Crippen molar-refractivity contribution in [2.24, 2.45) is 0 Å². The van der Waals surface area contributed by atoms with Crippen LogP contribution in [0.1, 0.15) is 54.6 Å². The fraction of sp³-hybridized carbons (Fsp3) is 0.565. The normalized spacial score (nSPS) is 27.5. The van der Waals surface area contributed by atoms with Crippen LogP contribution in [0.4, 0.5) is 4.39 Å². The van der Waals surface area contributed by atoms with Crippen LogP contribution in [-0.4, -0.2) is 64.4 Å². The number of amides is 2. The molecule has 0 unspecified atom stereocenters. The van der Waals surface area contributed by atoms with E-state index in [9.17, 15) is 14.0 Å². The summed E-state index contributed by atoms with van der Waals surface area (Å²) in [6.45, 7) is 4.62. The molecule has 1 aliphatic carbocycles. The highest BCUT2D eigenvalue weighted by atomic mass is 19.1. The molecule has 0 radical (unpaired) electrons. The van der Waals surface area contributed by atoms with Gasteiger partial charge in [-0.05, 0) is 56.7 Å². The lowest BCUT2D eigenvalue weighted by Crippen LogP contribution is -2.56. The maximum absolute atomic E-state index is 14.1. The Labute approximate surface area is 175 Å². The minimum Gasteiger partial charge on any atom is -0.350 e. The maximum atomic E-state index is 14.1. The summed E-state index contributed by atoms with van der Waals surface area (Å²) in [6.07, 6.45) is 5.78. The molecule has 1 saturated carbocycles. The van der Waals surface area contributed by atoms with E-state index in [0.717, 1.165) is 57.3 Å². The van der Waals surface area contributed by atoms with Gasteiger partial charge in [-0.1, -0.05) is 6.07 Å². The quantitative estimate of drug-likeness (QED) is 0.815. The highest BCUT2D eigenvalue weighted by Crippen LogP contribution is 2.29. The molecular formula is C23H29FN4O2. The molecule has 2 aliphatic heterocycles. The predicted octanol–water partition coefficient (Wildman–Crippen LogP) is 2.96. The molecule has 2 amide bonds. The number of H-pyrrole nitrogens is 1. The number of hydrogen-bond acceptors (Lipinski definition) is 3. The third-order valence-electron chi connectivity index (χ3n) is 7.22. The molecule has 3 aliphatic rings. The van der Waals surface area contributed by atoms with E-state index in [0.29, 0.717) is 41.0 Å². The summed E-state index contributed by atoms with van der Waals surface area (Å²) in [5, 5.41) is 3.64. The summed E-state index contributed by atoms with van der Waals surface area (Å²) in [5.74, 6) is -0.173. The van der Waals surface area contributed by atoms with Gasteiger partial charge >= 0.3 is 0 Å². The first-order valence-corrected chi connectivity index (χ1v) is 11.1. The number of benzene rings is 1. The predicted molar refractivity (Wildman–Crippen MR) is 113 cm³/mol. The van der Waals surface area contributed by atoms with E-state index < -0.39 is 0 Å². The van der Waals surface area contributed by atoms with Gasteiger partial charge < -0.3 is 15.2 Å². The van der Waals surface area contributed by atoms with Crippen LogP contribution in [0, 0.1) is 12.7 Å². The number of rotatable bonds is 3. The zero-order valence-electron chi connectivity index (χ0n) is 17.4. The molecule has 0 spiro atoms. The van der Waals surface area contributed by atoms with E-state index in [1.807, 2.05) is 6.92 Å². The second kappa shape index (κ2) is 7.69. The van der Waals surface area contributed by atoms with Crippen LogP contribution in [0.25, 0.3) is 10.9 Å². The molecule has 7 heteroatoms. The number of piperazine rings is 1. The first-order valence-electron chi connectivity index (χ1n) is 11.1. The van der Waals surface area contributed by atoms with Gasteiger partial charge in [0.2, 0.25) is 5.91 Å². The number of aryl methyl sites for hydroxylation is 1. The van der Waals surface area contributed by atoms with Gasteiger partial charge in [0, 0.05) is 49.6 Å². The Kier molecular flexibility index (Phi) is 5.01. The number of nitrogens with one attached hydrogen (secondary N) is 2. The highest BCUT2D eigenvalue weighted by molar-refractivity contribution is 5.99. The van der Waals surface area contributed by atoms with Gasteiger partial charge in [0.15, 0.2) is 0 Å². The number of aromatic nitrogens is 1. The SMILES string of the molecule is Cc1ccc(F)c2cc(C(=O)N[C@@H]3CCC[C@H](N4CCN5C(=O)CC[C@@H]5C4)C3)[nH]c12. The molecule has 3 heterocycles. The third-order valence-corrected chi connectivity index (χ3v) is 7.22. The van der Waals surface area contributed by atoms with E-state index in [1.165, 1.54) is 6.07 Å². The summed E-state index contributed by atoms with van der Waals surface area (Å²) >= 11 is 0. The van der Waals surface area contributed by atoms with Crippen molar-refractivity contribution < 1.29 is 14.0 Å². The molecular weight excluding hydrogens is 383 g/mol. The average Bonchev–Trinajstić information content (AvgIpc) is 3.36. The van der Waals surface area contributed by atoms with Crippen molar-refractivity contribution in [3.63, 3.8) is 0 Å². The molecule has 30 heavy (non-hydrogen) atoms. The first-order chi connectivity index (χ1) is 14.5. The van der Waals surface area contributed by atoms with Gasteiger partial charge in [-0.2, -0.15) is 0 Å². The van der Waals surface area contributed by atoms with Gasteiger partial charge in [0.1, 0.15) is 11.5 Å². The number of carbonyl (C=O) groups is 2. The summed E-state index contributed by atoms with van der Waals surface area (Å²) in [4.78, 5) is 32.5. The maximum Gasteiger partial charge on any atom is 0.267 e. The second-order valence-electron chi connectivity index (χ2n) is 9.10. The van der Waals surface area contributed by atoms with E-state index in [1.54, 1.807) is 12.1 Å². The van der Waals surface area contributed by atoms with Crippen molar-refractivity contribution in [1.82, 2.24) is 20.1 Å². The zero-order chi connectivity index (χ0) is 20.8. The van der Waals surface area contributed by atoms with Gasteiger partial charge in [0.25, 0.3) is 5.91 Å². The van der Waals surface area contributed by atoms with E-state index in [4.69, 9.17) is 0 Å². The summed E-state index contributed by atoms with van der Waals surface area (Å²) in [5.41, 5.74) is 2.02. The standard InChI is InChI=1S/C23H29FN4O2/c1-14-5-7-19(24)18-12-20(26-22(14)18)23(30)25-15-3-2-4-16(11-15)27-9-10-28-17(13-27)6-8-21(28)29/h5,7,12,15-17,26H,2-4,6,8-11,13H2,1H3,(H,25,30)/t15-,16+,17-/m1/s1.